The molecule has 0 spiro atoms. The number of halogens is 1. The van der Waals surface area contributed by atoms with Gasteiger partial charge in [-0.15, -0.1) is 0 Å². The van der Waals surface area contributed by atoms with Crippen molar-refractivity contribution in [3.05, 3.63) is 28.8 Å². The summed E-state index contributed by atoms with van der Waals surface area (Å²) in [6.07, 6.45) is 0. The first-order valence-electron chi connectivity index (χ1n) is 6.34. The first-order valence-corrected chi connectivity index (χ1v) is 11.2. The van der Waals surface area contributed by atoms with E-state index in [1.165, 1.54) is 16.7 Å². The fourth-order valence-corrected chi connectivity index (χ4v) is 5.53. The molecule has 0 nitrogen and oxygen atoms in total. The standard InChI is InChI=1S/C15H23BrSe/c1-9(2)12-7-13(10(3)4)15(17-16)14(8-12)11(5)6/h7-11H,1-6H3. The van der Waals surface area contributed by atoms with Crippen molar-refractivity contribution in [3.8, 4) is 0 Å². The van der Waals surface area contributed by atoms with Crippen LogP contribution in [0.2, 0.25) is 0 Å². The average molecular weight is 362 g/mol. The summed E-state index contributed by atoms with van der Waals surface area (Å²) in [5, 5.41) is 0. The van der Waals surface area contributed by atoms with E-state index in [4.69, 9.17) is 0 Å². The Morgan fingerprint density at radius 2 is 1.24 bits per heavy atom. The molecule has 0 fully saturated rings. The minimum atomic E-state index is 0.404. The summed E-state index contributed by atoms with van der Waals surface area (Å²) < 4.78 is 1.56. The molecule has 0 aromatic heterocycles. The Morgan fingerprint density at radius 1 is 0.824 bits per heavy atom. The first-order chi connectivity index (χ1) is 7.88. The molecule has 0 heterocycles. The van der Waals surface area contributed by atoms with Gasteiger partial charge in [0.15, 0.2) is 0 Å². The fourth-order valence-electron chi connectivity index (χ4n) is 1.98. The molecule has 0 N–H and O–H groups in total. The molecule has 0 unspecified atom stereocenters. The van der Waals surface area contributed by atoms with Crippen molar-refractivity contribution in [1.82, 2.24) is 0 Å². The number of rotatable bonds is 4. The molecule has 0 amide bonds. The Kier molecular flexibility index (Phi) is 5.76. The zero-order chi connectivity index (χ0) is 13.2. The van der Waals surface area contributed by atoms with Crippen molar-refractivity contribution in [2.45, 2.75) is 59.3 Å². The van der Waals surface area contributed by atoms with E-state index in [1.807, 2.05) is 0 Å². The molecule has 17 heavy (non-hydrogen) atoms. The Morgan fingerprint density at radius 3 is 1.47 bits per heavy atom. The van der Waals surface area contributed by atoms with Gasteiger partial charge in [0, 0.05) is 0 Å². The normalized spacial score (nSPS) is 11.9. The molecule has 0 saturated carbocycles. The quantitative estimate of drug-likeness (QED) is 0.682. The van der Waals surface area contributed by atoms with E-state index in [9.17, 15) is 0 Å². The molecule has 0 aliphatic carbocycles. The van der Waals surface area contributed by atoms with Crippen molar-refractivity contribution in [3.63, 3.8) is 0 Å². The summed E-state index contributed by atoms with van der Waals surface area (Å²) in [5.74, 6) is 1.84. The summed E-state index contributed by atoms with van der Waals surface area (Å²) in [7, 11) is 0. The molecular formula is C15H23BrSe. The molecule has 2 heteroatoms. The SMILES string of the molecule is CC(C)c1cc(C(C)C)c([Se]Br)c(C(C)C)c1. The van der Waals surface area contributed by atoms with Gasteiger partial charge in [-0.2, -0.15) is 0 Å². The third kappa shape index (κ3) is 3.59. The van der Waals surface area contributed by atoms with Crippen molar-refractivity contribution in [2.75, 3.05) is 0 Å². The molecule has 1 aromatic carbocycles. The molecule has 0 aliphatic rings. The van der Waals surface area contributed by atoms with Crippen molar-refractivity contribution in [2.24, 2.45) is 0 Å². The van der Waals surface area contributed by atoms with Crippen LogP contribution in [-0.4, -0.2) is 13.1 Å². The van der Waals surface area contributed by atoms with E-state index in [2.05, 4.69) is 67.8 Å². The van der Waals surface area contributed by atoms with E-state index < -0.39 is 0 Å². The van der Waals surface area contributed by atoms with Gasteiger partial charge in [-0.05, 0) is 0 Å². The second kappa shape index (κ2) is 6.40. The van der Waals surface area contributed by atoms with Crippen LogP contribution in [0.25, 0.3) is 0 Å². The zero-order valence-electron chi connectivity index (χ0n) is 11.7. The molecule has 0 saturated heterocycles. The van der Waals surface area contributed by atoms with Gasteiger partial charge in [0.1, 0.15) is 0 Å². The average Bonchev–Trinajstić information content (AvgIpc) is 2.26. The first kappa shape index (κ1) is 15.3. The summed E-state index contributed by atoms with van der Waals surface area (Å²) in [6.45, 7) is 13.8. The molecule has 0 bridgehead atoms. The summed E-state index contributed by atoms with van der Waals surface area (Å²) in [4.78, 5) is 0. The maximum atomic E-state index is 3.72. The Hall–Kier alpha value is 0.219. The third-order valence-corrected chi connectivity index (χ3v) is 6.15. The van der Waals surface area contributed by atoms with Crippen molar-refractivity contribution < 1.29 is 0 Å². The predicted molar refractivity (Wildman–Crippen MR) is 83.0 cm³/mol. The van der Waals surface area contributed by atoms with Crippen molar-refractivity contribution in [1.29, 1.82) is 0 Å². The molecule has 96 valence electrons. The van der Waals surface area contributed by atoms with E-state index in [1.54, 1.807) is 4.46 Å². The fraction of sp³-hybridized carbons (Fsp3) is 0.600. The second-order valence-corrected chi connectivity index (χ2v) is 8.43. The van der Waals surface area contributed by atoms with E-state index >= 15 is 0 Å². The summed E-state index contributed by atoms with van der Waals surface area (Å²) in [5.41, 5.74) is 4.56. The molecule has 1 aromatic rings. The van der Waals surface area contributed by atoms with Gasteiger partial charge in [-0.1, -0.05) is 0 Å². The third-order valence-electron chi connectivity index (χ3n) is 3.16. The number of benzene rings is 1. The predicted octanol–water partition coefficient (Wildman–Crippen LogP) is 4.70. The van der Waals surface area contributed by atoms with E-state index in [-0.39, 0.29) is 0 Å². The van der Waals surface area contributed by atoms with Crippen LogP contribution in [-0.2, 0) is 0 Å². The van der Waals surface area contributed by atoms with Crippen LogP contribution in [0.3, 0.4) is 0 Å². The maximum absolute atomic E-state index is 3.72. The summed E-state index contributed by atoms with van der Waals surface area (Å²) in [6, 6.07) is 4.83. The monoisotopic (exact) mass is 362 g/mol. The molecule has 1 rings (SSSR count). The van der Waals surface area contributed by atoms with Crippen LogP contribution in [0, 0.1) is 0 Å². The molecule has 0 radical (unpaired) electrons. The van der Waals surface area contributed by atoms with Crippen LogP contribution < -0.4 is 4.46 Å². The number of hydrogen-bond donors (Lipinski definition) is 0. The second-order valence-electron chi connectivity index (χ2n) is 5.57. The number of hydrogen-bond acceptors (Lipinski definition) is 0. The van der Waals surface area contributed by atoms with Gasteiger partial charge in [0.05, 0.1) is 0 Å². The Bertz CT molecular complexity index is 352. The molecular weight excluding hydrogens is 339 g/mol. The van der Waals surface area contributed by atoms with Crippen molar-refractivity contribution >= 4 is 31.7 Å². The molecule has 0 atom stereocenters. The van der Waals surface area contributed by atoms with Crippen LogP contribution in [0.1, 0.15) is 76.0 Å². The minimum absolute atomic E-state index is 0.404. The zero-order valence-corrected chi connectivity index (χ0v) is 15.0. The van der Waals surface area contributed by atoms with Gasteiger partial charge < -0.3 is 0 Å². The topological polar surface area (TPSA) is 0 Å². The van der Waals surface area contributed by atoms with Crippen LogP contribution in [0.4, 0.5) is 0 Å². The van der Waals surface area contributed by atoms with Gasteiger partial charge in [-0.25, -0.2) is 0 Å². The van der Waals surface area contributed by atoms with Crippen LogP contribution in [0.15, 0.2) is 12.1 Å². The molecule has 0 aliphatic heterocycles. The van der Waals surface area contributed by atoms with Crippen LogP contribution >= 0.6 is 14.1 Å². The Balaban J connectivity index is 3.46. The van der Waals surface area contributed by atoms with Gasteiger partial charge in [0.2, 0.25) is 0 Å². The van der Waals surface area contributed by atoms with E-state index in [0.29, 0.717) is 30.9 Å². The Labute approximate surface area is 119 Å². The summed E-state index contributed by atoms with van der Waals surface area (Å²) >= 11 is 4.12. The van der Waals surface area contributed by atoms with Gasteiger partial charge >= 0.3 is 120 Å². The van der Waals surface area contributed by atoms with Gasteiger partial charge in [-0.3, -0.25) is 0 Å². The van der Waals surface area contributed by atoms with Crippen LogP contribution in [0.5, 0.6) is 0 Å². The van der Waals surface area contributed by atoms with Gasteiger partial charge in [0.25, 0.3) is 0 Å². The van der Waals surface area contributed by atoms with E-state index in [0.717, 1.165) is 0 Å².